The third-order valence-corrected chi connectivity index (χ3v) is 1.58. The van der Waals surface area contributed by atoms with E-state index < -0.39 is 0 Å². The molecular formula is C7H5N5. The highest BCUT2D eigenvalue weighted by Gasteiger charge is 2.01. The SMILES string of the molecule is [C-]#[N+]c1ccc2c(c1)nnn2N. The number of nitrogens with zero attached hydrogens (tertiary/aromatic N) is 4. The Morgan fingerprint density at radius 3 is 3.08 bits per heavy atom. The molecule has 2 rings (SSSR count). The van der Waals surface area contributed by atoms with Gasteiger partial charge in [0.2, 0.25) is 0 Å². The van der Waals surface area contributed by atoms with Crippen molar-refractivity contribution >= 4 is 16.7 Å². The molecule has 0 unspecified atom stereocenters. The molecule has 0 radical (unpaired) electrons. The first-order valence-corrected chi connectivity index (χ1v) is 3.29. The normalized spacial score (nSPS) is 9.92. The van der Waals surface area contributed by atoms with E-state index in [1.165, 1.54) is 4.79 Å². The average Bonchev–Trinajstić information content (AvgIpc) is 2.47. The van der Waals surface area contributed by atoms with Crippen LogP contribution in [0, 0.1) is 6.57 Å². The van der Waals surface area contributed by atoms with Crippen LogP contribution in [-0.4, -0.2) is 15.1 Å². The van der Waals surface area contributed by atoms with Crippen molar-refractivity contribution in [1.29, 1.82) is 0 Å². The highest BCUT2D eigenvalue weighted by molar-refractivity contribution is 5.78. The monoisotopic (exact) mass is 159 g/mol. The van der Waals surface area contributed by atoms with E-state index in [2.05, 4.69) is 15.2 Å². The van der Waals surface area contributed by atoms with Crippen LogP contribution in [0.1, 0.15) is 0 Å². The molecule has 0 spiro atoms. The average molecular weight is 159 g/mol. The van der Waals surface area contributed by atoms with E-state index in [1.807, 2.05) is 0 Å². The van der Waals surface area contributed by atoms with E-state index in [0.717, 1.165) is 5.52 Å². The lowest BCUT2D eigenvalue weighted by molar-refractivity contribution is 0.787. The highest BCUT2D eigenvalue weighted by Crippen LogP contribution is 2.17. The smallest absolute Gasteiger partial charge is 0.189 e. The van der Waals surface area contributed by atoms with E-state index in [4.69, 9.17) is 12.4 Å². The lowest BCUT2D eigenvalue weighted by atomic mass is 10.3. The van der Waals surface area contributed by atoms with E-state index >= 15 is 0 Å². The maximum absolute atomic E-state index is 6.76. The number of nitrogens with two attached hydrogens (primary N) is 1. The van der Waals surface area contributed by atoms with Gasteiger partial charge in [0.05, 0.1) is 6.57 Å². The Morgan fingerprint density at radius 1 is 1.50 bits per heavy atom. The molecule has 12 heavy (non-hydrogen) atoms. The lowest BCUT2D eigenvalue weighted by Gasteiger charge is -1.90. The summed E-state index contributed by atoms with van der Waals surface area (Å²) in [6.07, 6.45) is 0. The Labute approximate surface area is 68.2 Å². The fraction of sp³-hybridized carbons (Fsp3) is 0. The largest absolute Gasteiger partial charge is 0.321 e. The summed E-state index contributed by atoms with van der Waals surface area (Å²) in [5, 5.41) is 7.38. The van der Waals surface area contributed by atoms with Crippen LogP contribution in [0.15, 0.2) is 18.2 Å². The number of fused-ring (bicyclic) bond motifs is 1. The molecule has 1 heterocycles. The van der Waals surface area contributed by atoms with E-state index in [9.17, 15) is 0 Å². The minimum absolute atomic E-state index is 0.544. The third-order valence-electron chi connectivity index (χ3n) is 1.58. The van der Waals surface area contributed by atoms with Crippen molar-refractivity contribution in [1.82, 2.24) is 15.1 Å². The molecule has 0 aliphatic heterocycles. The molecule has 0 aliphatic rings. The van der Waals surface area contributed by atoms with Crippen molar-refractivity contribution in [3.63, 3.8) is 0 Å². The van der Waals surface area contributed by atoms with Crippen LogP contribution in [-0.2, 0) is 0 Å². The maximum atomic E-state index is 6.76. The van der Waals surface area contributed by atoms with Gasteiger partial charge in [0.1, 0.15) is 11.0 Å². The van der Waals surface area contributed by atoms with Gasteiger partial charge in [-0.2, -0.15) is 4.79 Å². The molecule has 5 heteroatoms. The topological polar surface area (TPSA) is 61.1 Å². The Balaban J connectivity index is 2.80. The Kier molecular flexibility index (Phi) is 1.21. The van der Waals surface area contributed by atoms with Crippen LogP contribution in [0.4, 0.5) is 5.69 Å². The van der Waals surface area contributed by atoms with Crippen LogP contribution < -0.4 is 5.84 Å². The first-order valence-electron chi connectivity index (χ1n) is 3.29. The lowest BCUT2D eigenvalue weighted by Crippen LogP contribution is -2.09. The molecule has 0 amide bonds. The first kappa shape index (κ1) is 6.61. The third kappa shape index (κ3) is 0.787. The van der Waals surface area contributed by atoms with Gasteiger partial charge in [0.15, 0.2) is 5.69 Å². The van der Waals surface area contributed by atoms with E-state index in [0.29, 0.717) is 11.2 Å². The fourth-order valence-electron chi connectivity index (χ4n) is 1.000. The quantitative estimate of drug-likeness (QED) is 0.454. The number of nitrogen functional groups attached to an aromatic ring is 1. The molecule has 2 N–H and O–H groups in total. The van der Waals surface area contributed by atoms with Crippen molar-refractivity contribution < 1.29 is 0 Å². The summed E-state index contributed by atoms with van der Waals surface area (Å²) >= 11 is 0. The second kappa shape index (κ2) is 2.20. The minimum atomic E-state index is 0.544. The van der Waals surface area contributed by atoms with Crippen molar-refractivity contribution in [3.8, 4) is 0 Å². The Bertz CT molecular complexity index is 464. The summed E-state index contributed by atoms with van der Waals surface area (Å²) in [7, 11) is 0. The molecule has 5 nitrogen and oxygen atoms in total. The molecule has 58 valence electrons. The van der Waals surface area contributed by atoms with Gasteiger partial charge in [-0.05, 0) is 17.3 Å². The Morgan fingerprint density at radius 2 is 2.33 bits per heavy atom. The van der Waals surface area contributed by atoms with Gasteiger partial charge in [0, 0.05) is 0 Å². The number of hydrogen-bond acceptors (Lipinski definition) is 3. The molecule has 1 aromatic carbocycles. The van der Waals surface area contributed by atoms with E-state index in [-0.39, 0.29) is 0 Å². The number of aromatic nitrogens is 3. The van der Waals surface area contributed by atoms with Gasteiger partial charge < -0.3 is 5.84 Å². The molecule has 0 bridgehead atoms. The summed E-state index contributed by atoms with van der Waals surface area (Å²) in [5.74, 6) is 5.43. The number of rotatable bonds is 0. The molecule has 0 saturated carbocycles. The standard InChI is InChI=1S/C7H5N5/c1-9-5-2-3-7-6(4-5)10-11-12(7)8/h2-4H,8H2. The predicted octanol–water partition coefficient (Wildman–Crippen LogP) is 0.696. The minimum Gasteiger partial charge on any atom is -0.321 e. The summed E-state index contributed by atoms with van der Waals surface area (Å²) < 4.78 is 0. The summed E-state index contributed by atoms with van der Waals surface area (Å²) in [6.45, 7) is 6.76. The van der Waals surface area contributed by atoms with Crippen molar-refractivity contribution in [3.05, 3.63) is 29.6 Å². The van der Waals surface area contributed by atoms with Crippen LogP contribution in [0.25, 0.3) is 15.9 Å². The van der Waals surface area contributed by atoms with Crippen LogP contribution in [0.3, 0.4) is 0 Å². The summed E-state index contributed by atoms with van der Waals surface area (Å²) in [6, 6.07) is 5.06. The van der Waals surface area contributed by atoms with Crippen molar-refractivity contribution in [2.75, 3.05) is 5.84 Å². The molecule has 2 aromatic rings. The zero-order valence-electron chi connectivity index (χ0n) is 6.10. The van der Waals surface area contributed by atoms with Crippen LogP contribution in [0.2, 0.25) is 0 Å². The molecular weight excluding hydrogens is 154 g/mol. The zero-order chi connectivity index (χ0) is 8.55. The first-order chi connectivity index (χ1) is 5.81. The molecule has 0 saturated heterocycles. The Hall–Kier alpha value is -2.09. The van der Waals surface area contributed by atoms with Gasteiger partial charge >= 0.3 is 0 Å². The van der Waals surface area contributed by atoms with Gasteiger partial charge in [-0.25, -0.2) is 4.85 Å². The summed E-state index contributed by atoms with van der Waals surface area (Å²) in [5.41, 5.74) is 1.91. The second-order valence-electron chi connectivity index (χ2n) is 2.32. The number of hydrogen-bond donors (Lipinski definition) is 1. The second-order valence-corrected chi connectivity index (χ2v) is 2.32. The predicted molar refractivity (Wildman–Crippen MR) is 43.9 cm³/mol. The molecule has 0 fully saturated rings. The van der Waals surface area contributed by atoms with Gasteiger partial charge in [-0.3, -0.25) is 0 Å². The zero-order valence-corrected chi connectivity index (χ0v) is 6.10. The maximum Gasteiger partial charge on any atom is 0.189 e. The van der Waals surface area contributed by atoms with Crippen LogP contribution in [0.5, 0.6) is 0 Å². The van der Waals surface area contributed by atoms with Crippen LogP contribution >= 0.6 is 0 Å². The van der Waals surface area contributed by atoms with Gasteiger partial charge in [0.25, 0.3) is 0 Å². The van der Waals surface area contributed by atoms with E-state index in [1.54, 1.807) is 18.2 Å². The summed E-state index contributed by atoms with van der Waals surface area (Å²) in [4.78, 5) is 4.45. The molecule has 0 atom stereocenters. The fourth-order valence-corrected chi connectivity index (χ4v) is 1.000. The van der Waals surface area contributed by atoms with Gasteiger partial charge in [-0.15, -0.1) is 5.10 Å². The van der Waals surface area contributed by atoms with Gasteiger partial charge in [-0.1, -0.05) is 6.07 Å². The van der Waals surface area contributed by atoms with Crippen molar-refractivity contribution in [2.45, 2.75) is 0 Å². The molecule has 0 aliphatic carbocycles. The molecule has 1 aromatic heterocycles. The highest BCUT2D eigenvalue weighted by atomic mass is 15.6. The number of benzene rings is 1. The van der Waals surface area contributed by atoms with Crippen molar-refractivity contribution in [2.24, 2.45) is 0 Å².